The summed E-state index contributed by atoms with van der Waals surface area (Å²) in [5, 5.41) is 7.23. The zero-order chi connectivity index (χ0) is 13.0. The Bertz CT molecular complexity index is 369. The normalized spacial score (nSPS) is 25.5. The Morgan fingerprint density at radius 2 is 2.33 bits per heavy atom. The molecule has 1 aromatic rings. The molecule has 2 heterocycles. The fourth-order valence-corrected chi connectivity index (χ4v) is 2.23. The van der Waals surface area contributed by atoms with E-state index in [1.54, 1.807) is 7.11 Å². The van der Waals surface area contributed by atoms with E-state index in [2.05, 4.69) is 22.4 Å². The van der Waals surface area contributed by atoms with Crippen LogP contribution in [-0.4, -0.2) is 43.6 Å². The maximum atomic E-state index is 5.44. The molecule has 1 N–H and O–H groups in total. The van der Waals surface area contributed by atoms with Crippen LogP contribution in [-0.2, 0) is 9.47 Å². The van der Waals surface area contributed by atoms with E-state index >= 15 is 0 Å². The lowest BCUT2D eigenvalue weighted by Gasteiger charge is -2.12. The fourth-order valence-electron chi connectivity index (χ4n) is 2.23. The molecule has 1 saturated heterocycles. The molecule has 0 spiro atoms. The van der Waals surface area contributed by atoms with Crippen molar-refractivity contribution in [1.82, 2.24) is 15.5 Å². The van der Waals surface area contributed by atoms with Crippen molar-refractivity contribution in [2.75, 3.05) is 27.4 Å². The highest BCUT2D eigenvalue weighted by molar-refractivity contribution is 5.03. The molecular weight excluding hydrogens is 234 g/mol. The lowest BCUT2D eigenvalue weighted by molar-refractivity contribution is 0.0854. The first-order valence-corrected chi connectivity index (χ1v) is 6.41. The maximum absolute atomic E-state index is 5.44. The number of hydrogen-bond donors (Lipinski definition) is 1. The Kier molecular flexibility index (Phi) is 4.68. The molecule has 102 valence electrons. The van der Waals surface area contributed by atoms with E-state index in [0.29, 0.717) is 24.9 Å². The fraction of sp³-hybridized carbons (Fsp3) is 0.833. The Labute approximate surface area is 107 Å². The van der Waals surface area contributed by atoms with Crippen molar-refractivity contribution >= 4 is 0 Å². The summed E-state index contributed by atoms with van der Waals surface area (Å²) in [4.78, 5) is 4.46. The van der Waals surface area contributed by atoms with Gasteiger partial charge in [0.1, 0.15) is 6.10 Å². The molecule has 0 radical (unpaired) electrons. The molecule has 0 saturated carbocycles. The van der Waals surface area contributed by atoms with Crippen molar-refractivity contribution in [3.63, 3.8) is 0 Å². The first-order chi connectivity index (χ1) is 8.80. The molecule has 0 amide bonds. The van der Waals surface area contributed by atoms with Gasteiger partial charge in [-0.1, -0.05) is 18.5 Å². The molecule has 0 aromatic carbocycles. The SMILES string of the molecule is CCCC(OC)c1noc(C2COCC2NC)n1. The first kappa shape index (κ1) is 13.5. The van der Waals surface area contributed by atoms with Gasteiger partial charge in [-0.05, 0) is 13.5 Å². The van der Waals surface area contributed by atoms with Gasteiger partial charge in [0.15, 0.2) is 0 Å². The van der Waals surface area contributed by atoms with Crippen LogP contribution in [0.25, 0.3) is 0 Å². The third-order valence-electron chi connectivity index (χ3n) is 3.35. The Morgan fingerprint density at radius 1 is 1.50 bits per heavy atom. The largest absolute Gasteiger partial charge is 0.379 e. The lowest BCUT2D eigenvalue weighted by atomic mass is 10.0. The molecule has 1 aliphatic heterocycles. The first-order valence-electron chi connectivity index (χ1n) is 6.41. The Morgan fingerprint density at radius 3 is 3.00 bits per heavy atom. The molecule has 18 heavy (non-hydrogen) atoms. The van der Waals surface area contributed by atoms with Crippen molar-refractivity contribution < 1.29 is 14.0 Å². The minimum atomic E-state index is -0.0807. The minimum Gasteiger partial charge on any atom is -0.379 e. The number of likely N-dealkylation sites (N-methyl/N-ethyl adjacent to an activating group) is 1. The van der Waals surface area contributed by atoms with Crippen molar-refractivity contribution in [3.8, 4) is 0 Å². The van der Waals surface area contributed by atoms with Crippen LogP contribution < -0.4 is 5.32 Å². The van der Waals surface area contributed by atoms with E-state index in [0.717, 1.165) is 12.8 Å². The molecular formula is C12H21N3O3. The standard InChI is InChI=1S/C12H21N3O3/c1-4-5-10(16-3)11-14-12(18-15-11)8-6-17-7-9(8)13-2/h8-10,13H,4-7H2,1-3H3. The number of hydrogen-bond acceptors (Lipinski definition) is 6. The summed E-state index contributed by atoms with van der Waals surface area (Å²) in [6.45, 7) is 3.41. The second kappa shape index (κ2) is 6.26. The number of nitrogens with one attached hydrogen (secondary N) is 1. The van der Waals surface area contributed by atoms with Gasteiger partial charge in [0.05, 0.1) is 19.1 Å². The highest BCUT2D eigenvalue weighted by Crippen LogP contribution is 2.26. The predicted molar refractivity (Wildman–Crippen MR) is 65.4 cm³/mol. The average molecular weight is 255 g/mol. The van der Waals surface area contributed by atoms with Crippen molar-refractivity contribution in [2.45, 2.75) is 37.8 Å². The van der Waals surface area contributed by atoms with E-state index in [1.165, 1.54) is 0 Å². The van der Waals surface area contributed by atoms with Crippen LogP contribution in [0.4, 0.5) is 0 Å². The van der Waals surface area contributed by atoms with E-state index in [1.807, 2.05) is 7.05 Å². The van der Waals surface area contributed by atoms with Crippen LogP contribution in [0.5, 0.6) is 0 Å². The number of ether oxygens (including phenoxy) is 2. The third kappa shape index (κ3) is 2.71. The van der Waals surface area contributed by atoms with Gasteiger partial charge in [-0.15, -0.1) is 0 Å². The molecule has 0 bridgehead atoms. The topological polar surface area (TPSA) is 69.4 Å². The van der Waals surface area contributed by atoms with Crippen LogP contribution in [0.3, 0.4) is 0 Å². The maximum Gasteiger partial charge on any atom is 0.233 e. The number of methoxy groups -OCH3 is 1. The van der Waals surface area contributed by atoms with Gasteiger partial charge in [-0.25, -0.2) is 0 Å². The van der Waals surface area contributed by atoms with Crippen LogP contribution >= 0.6 is 0 Å². The molecule has 6 nitrogen and oxygen atoms in total. The summed E-state index contributed by atoms with van der Waals surface area (Å²) in [5.74, 6) is 1.41. The second-order valence-electron chi connectivity index (χ2n) is 4.54. The van der Waals surface area contributed by atoms with Crippen molar-refractivity contribution in [2.24, 2.45) is 0 Å². The van der Waals surface area contributed by atoms with E-state index in [-0.39, 0.29) is 18.1 Å². The van der Waals surface area contributed by atoms with Gasteiger partial charge in [0, 0.05) is 13.2 Å². The summed E-state index contributed by atoms with van der Waals surface area (Å²) in [6.07, 6.45) is 1.84. The van der Waals surface area contributed by atoms with Gasteiger partial charge in [-0.2, -0.15) is 4.98 Å². The zero-order valence-corrected chi connectivity index (χ0v) is 11.2. The number of nitrogens with zero attached hydrogens (tertiary/aromatic N) is 2. The molecule has 3 unspecified atom stereocenters. The number of rotatable bonds is 6. The predicted octanol–water partition coefficient (Wildman–Crippen LogP) is 1.26. The van der Waals surface area contributed by atoms with Gasteiger partial charge < -0.3 is 19.3 Å². The van der Waals surface area contributed by atoms with Gasteiger partial charge >= 0.3 is 0 Å². The van der Waals surface area contributed by atoms with Crippen molar-refractivity contribution in [1.29, 1.82) is 0 Å². The molecule has 1 aliphatic rings. The van der Waals surface area contributed by atoms with E-state index < -0.39 is 0 Å². The number of aromatic nitrogens is 2. The molecule has 6 heteroatoms. The Balaban J connectivity index is 2.09. The summed E-state index contributed by atoms with van der Waals surface area (Å²) in [7, 11) is 3.59. The lowest BCUT2D eigenvalue weighted by Crippen LogP contribution is -2.31. The molecule has 3 atom stereocenters. The van der Waals surface area contributed by atoms with Crippen molar-refractivity contribution in [3.05, 3.63) is 11.7 Å². The summed E-state index contributed by atoms with van der Waals surface area (Å²) >= 11 is 0. The smallest absolute Gasteiger partial charge is 0.233 e. The summed E-state index contributed by atoms with van der Waals surface area (Å²) in [6, 6.07) is 0.241. The van der Waals surface area contributed by atoms with Gasteiger partial charge in [0.2, 0.25) is 11.7 Å². The molecule has 2 rings (SSSR count). The summed E-state index contributed by atoms with van der Waals surface area (Å²) in [5.41, 5.74) is 0. The van der Waals surface area contributed by atoms with Gasteiger partial charge in [-0.3, -0.25) is 0 Å². The highest BCUT2D eigenvalue weighted by Gasteiger charge is 2.33. The van der Waals surface area contributed by atoms with Crippen LogP contribution in [0, 0.1) is 0 Å². The molecule has 1 aromatic heterocycles. The minimum absolute atomic E-state index is 0.0807. The van der Waals surface area contributed by atoms with Crippen LogP contribution in [0.15, 0.2) is 4.52 Å². The highest BCUT2D eigenvalue weighted by atomic mass is 16.5. The summed E-state index contributed by atoms with van der Waals surface area (Å²) < 4.78 is 16.2. The van der Waals surface area contributed by atoms with Crippen LogP contribution in [0.1, 0.15) is 43.5 Å². The third-order valence-corrected chi connectivity index (χ3v) is 3.35. The molecule has 1 fully saturated rings. The van der Waals surface area contributed by atoms with Gasteiger partial charge in [0.25, 0.3) is 0 Å². The monoisotopic (exact) mass is 255 g/mol. The van der Waals surface area contributed by atoms with E-state index in [4.69, 9.17) is 14.0 Å². The average Bonchev–Trinajstić information content (AvgIpc) is 3.03. The van der Waals surface area contributed by atoms with E-state index in [9.17, 15) is 0 Å². The Hall–Kier alpha value is -0.980. The zero-order valence-electron chi connectivity index (χ0n) is 11.2. The van der Waals surface area contributed by atoms with Crippen LogP contribution in [0.2, 0.25) is 0 Å². The quantitative estimate of drug-likeness (QED) is 0.825. The molecule has 0 aliphatic carbocycles. The second-order valence-corrected chi connectivity index (χ2v) is 4.54.